The molecule has 0 amide bonds. The van der Waals surface area contributed by atoms with E-state index in [-0.39, 0.29) is 6.54 Å². The predicted octanol–water partition coefficient (Wildman–Crippen LogP) is 2.10. The van der Waals surface area contributed by atoms with Crippen molar-refractivity contribution in [2.75, 3.05) is 6.54 Å². The van der Waals surface area contributed by atoms with Gasteiger partial charge in [-0.3, -0.25) is 0 Å². The number of halogens is 2. The maximum absolute atomic E-state index is 13.1. The molecule has 13 heavy (non-hydrogen) atoms. The van der Waals surface area contributed by atoms with E-state index < -0.39 is 5.82 Å². The molecule has 0 fully saturated rings. The van der Waals surface area contributed by atoms with Gasteiger partial charge in [0.2, 0.25) is 0 Å². The first-order valence-electron chi connectivity index (χ1n) is 3.79. The second-order valence-corrected chi connectivity index (χ2v) is 2.99. The number of hydrogen-bond donors (Lipinski definition) is 1. The van der Waals surface area contributed by atoms with Gasteiger partial charge in [-0.15, -0.1) is 0 Å². The third kappa shape index (κ3) is 2.45. The van der Waals surface area contributed by atoms with Crippen molar-refractivity contribution in [1.29, 1.82) is 0 Å². The Hall–Kier alpha value is -1.04. The van der Waals surface area contributed by atoms with E-state index in [1.807, 2.05) is 0 Å². The molecule has 68 valence electrons. The minimum absolute atomic E-state index is 0.223. The fourth-order valence-corrected chi connectivity index (χ4v) is 1.05. The van der Waals surface area contributed by atoms with E-state index in [0.29, 0.717) is 10.6 Å². The lowest BCUT2D eigenvalue weighted by molar-refractivity contribution is 0.624. The Bertz CT molecular complexity index is 376. The Morgan fingerprint density at radius 1 is 1.54 bits per heavy atom. The van der Waals surface area contributed by atoms with Crippen molar-refractivity contribution in [1.82, 2.24) is 0 Å². The van der Waals surface area contributed by atoms with Gasteiger partial charge < -0.3 is 5.73 Å². The van der Waals surface area contributed by atoms with E-state index in [9.17, 15) is 4.39 Å². The van der Waals surface area contributed by atoms with Gasteiger partial charge in [0.15, 0.2) is 0 Å². The SMILES string of the molecule is Cc1cc(C#CCN)c(F)cc1Cl. The van der Waals surface area contributed by atoms with Crippen molar-refractivity contribution in [3.63, 3.8) is 0 Å². The zero-order chi connectivity index (χ0) is 9.84. The quantitative estimate of drug-likeness (QED) is 0.634. The molecule has 1 rings (SSSR count). The lowest BCUT2D eigenvalue weighted by Crippen LogP contribution is -1.94. The fourth-order valence-electron chi connectivity index (χ4n) is 0.899. The summed E-state index contributed by atoms with van der Waals surface area (Å²) in [7, 11) is 0. The second kappa shape index (κ2) is 4.27. The van der Waals surface area contributed by atoms with Crippen molar-refractivity contribution in [3.8, 4) is 11.8 Å². The highest BCUT2D eigenvalue weighted by Gasteiger charge is 2.02. The monoisotopic (exact) mass is 197 g/mol. The Labute approximate surface area is 81.7 Å². The van der Waals surface area contributed by atoms with E-state index >= 15 is 0 Å². The maximum Gasteiger partial charge on any atom is 0.140 e. The first-order chi connectivity index (χ1) is 6.15. The average Bonchev–Trinajstić information content (AvgIpc) is 2.09. The summed E-state index contributed by atoms with van der Waals surface area (Å²) in [6.07, 6.45) is 0. The minimum Gasteiger partial charge on any atom is -0.320 e. The van der Waals surface area contributed by atoms with Crippen LogP contribution < -0.4 is 5.73 Å². The summed E-state index contributed by atoms with van der Waals surface area (Å²) in [4.78, 5) is 0. The number of nitrogens with two attached hydrogens (primary N) is 1. The maximum atomic E-state index is 13.1. The van der Waals surface area contributed by atoms with Crippen molar-refractivity contribution in [2.45, 2.75) is 6.92 Å². The van der Waals surface area contributed by atoms with Crippen molar-refractivity contribution in [2.24, 2.45) is 5.73 Å². The van der Waals surface area contributed by atoms with Crippen LogP contribution in [0.2, 0.25) is 5.02 Å². The van der Waals surface area contributed by atoms with Gasteiger partial charge >= 0.3 is 0 Å². The molecule has 0 saturated carbocycles. The molecule has 1 aromatic carbocycles. The summed E-state index contributed by atoms with van der Waals surface area (Å²) in [6, 6.07) is 2.87. The smallest absolute Gasteiger partial charge is 0.140 e. The lowest BCUT2D eigenvalue weighted by Gasteiger charge is -1.99. The van der Waals surface area contributed by atoms with Crippen LogP contribution in [0.1, 0.15) is 11.1 Å². The Kier molecular flexibility index (Phi) is 3.30. The molecular formula is C10H9ClFN. The molecule has 0 unspecified atom stereocenters. The van der Waals surface area contributed by atoms with Crippen LogP contribution in [-0.4, -0.2) is 6.54 Å². The van der Waals surface area contributed by atoms with Gasteiger partial charge in [0.05, 0.1) is 12.1 Å². The van der Waals surface area contributed by atoms with Gasteiger partial charge in [-0.1, -0.05) is 23.4 Å². The summed E-state index contributed by atoms with van der Waals surface area (Å²) >= 11 is 5.71. The Morgan fingerprint density at radius 2 is 2.23 bits per heavy atom. The van der Waals surface area contributed by atoms with Gasteiger partial charge in [0.1, 0.15) is 5.82 Å². The highest BCUT2D eigenvalue weighted by molar-refractivity contribution is 6.31. The summed E-state index contributed by atoms with van der Waals surface area (Å²) in [6.45, 7) is 2.02. The number of benzene rings is 1. The molecule has 3 heteroatoms. The highest BCUT2D eigenvalue weighted by atomic mass is 35.5. The minimum atomic E-state index is -0.406. The van der Waals surface area contributed by atoms with Crippen LogP contribution in [-0.2, 0) is 0 Å². The summed E-state index contributed by atoms with van der Waals surface area (Å²) in [5.41, 5.74) is 6.32. The summed E-state index contributed by atoms with van der Waals surface area (Å²) < 4.78 is 13.1. The largest absolute Gasteiger partial charge is 0.320 e. The molecule has 0 bridgehead atoms. The predicted molar refractivity (Wildman–Crippen MR) is 52.1 cm³/mol. The van der Waals surface area contributed by atoms with Crippen molar-refractivity contribution < 1.29 is 4.39 Å². The van der Waals surface area contributed by atoms with E-state index in [0.717, 1.165) is 5.56 Å². The first-order valence-corrected chi connectivity index (χ1v) is 4.17. The highest BCUT2D eigenvalue weighted by Crippen LogP contribution is 2.18. The summed E-state index contributed by atoms with van der Waals surface area (Å²) in [5, 5.41) is 0.413. The van der Waals surface area contributed by atoms with Gasteiger partial charge in [-0.2, -0.15) is 0 Å². The molecule has 0 spiro atoms. The van der Waals surface area contributed by atoms with Gasteiger partial charge in [0, 0.05) is 5.02 Å². The molecule has 0 heterocycles. The zero-order valence-corrected chi connectivity index (χ0v) is 7.95. The van der Waals surface area contributed by atoms with Crippen LogP contribution in [0.15, 0.2) is 12.1 Å². The molecule has 1 aromatic rings. The number of rotatable bonds is 0. The fraction of sp³-hybridized carbons (Fsp3) is 0.200. The van der Waals surface area contributed by atoms with Gasteiger partial charge in [-0.05, 0) is 24.6 Å². The first kappa shape index (κ1) is 10.0. The number of hydrogen-bond acceptors (Lipinski definition) is 1. The molecule has 0 aromatic heterocycles. The Balaban J connectivity index is 3.16. The van der Waals surface area contributed by atoms with E-state index in [1.54, 1.807) is 13.0 Å². The van der Waals surface area contributed by atoms with Gasteiger partial charge in [0.25, 0.3) is 0 Å². The normalized spacial score (nSPS) is 9.23. The molecule has 1 nitrogen and oxygen atoms in total. The van der Waals surface area contributed by atoms with Crippen LogP contribution >= 0.6 is 11.6 Å². The van der Waals surface area contributed by atoms with E-state index in [2.05, 4.69) is 11.8 Å². The standard InChI is InChI=1S/C10H9ClFN/c1-7-5-8(3-2-4-13)10(12)6-9(7)11/h5-6H,4,13H2,1H3. The molecule has 0 aliphatic heterocycles. The summed E-state index contributed by atoms with van der Waals surface area (Å²) in [5.74, 6) is 4.81. The van der Waals surface area contributed by atoms with Crippen LogP contribution in [0.5, 0.6) is 0 Å². The van der Waals surface area contributed by atoms with E-state index in [4.69, 9.17) is 17.3 Å². The molecule has 0 saturated heterocycles. The topological polar surface area (TPSA) is 26.0 Å². The molecule has 2 N–H and O–H groups in total. The van der Waals surface area contributed by atoms with Gasteiger partial charge in [-0.25, -0.2) is 4.39 Å². The van der Waals surface area contributed by atoms with Crippen LogP contribution in [0.25, 0.3) is 0 Å². The second-order valence-electron chi connectivity index (χ2n) is 2.59. The van der Waals surface area contributed by atoms with Crippen LogP contribution in [0, 0.1) is 24.6 Å². The van der Waals surface area contributed by atoms with E-state index in [1.165, 1.54) is 6.07 Å². The zero-order valence-electron chi connectivity index (χ0n) is 7.20. The third-order valence-electron chi connectivity index (χ3n) is 1.57. The van der Waals surface area contributed by atoms with Crippen molar-refractivity contribution in [3.05, 3.63) is 34.1 Å². The average molecular weight is 198 g/mol. The molecule has 0 radical (unpaired) electrons. The Morgan fingerprint density at radius 3 is 2.85 bits per heavy atom. The molecule has 0 atom stereocenters. The van der Waals surface area contributed by atoms with Crippen LogP contribution in [0.3, 0.4) is 0 Å². The molecule has 0 aliphatic carbocycles. The molecular weight excluding hydrogens is 189 g/mol. The lowest BCUT2D eigenvalue weighted by atomic mass is 10.1. The third-order valence-corrected chi connectivity index (χ3v) is 1.98. The van der Waals surface area contributed by atoms with Crippen molar-refractivity contribution >= 4 is 11.6 Å². The number of aryl methyl sites for hydroxylation is 1. The van der Waals surface area contributed by atoms with Crippen LogP contribution in [0.4, 0.5) is 4.39 Å². The molecule has 0 aliphatic rings.